The molecule has 0 aliphatic carbocycles. The highest BCUT2D eigenvalue weighted by atomic mass is 16.3. The minimum Gasteiger partial charge on any atom is -0.396 e. The average Bonchev–Trinajstić information content (AvgIpc) is 2.58. The van der Waals surface area contributed by atoms with Crippen molar-refractivity contribution in [2.45, 2.75) is 13.3 Å². The summed E-state index contributed by atoms with van der Waals surface area (Å²) in [4.78, 5) is 18.7. The van der Waals surface area contributed by atoms with Gasteiger partial charge in [0, 0.05) is 25.3 Å². The number of rotatable bonds is 7. The highest BCUT2D eigenvalue weighted by Crippen LogP contribution is 2.19. The van der Waals surface area contributed by atoms with E-state index in [2.05, 4.69) is 4.98 Å². The van der Waals surface area contributed by atoms with Crippen molar-refractivity contribution in [1.29, 1.82) is 0 Å². The number of amides is 1. The Balaban J connectivity index is 2.23. The third-order valence-electron chi connectivity index (χ3n) is 3.63. The number of benzene rings is 1. The van der Waals surface area contributed by atoms with Gasteiger partial charge in [0.1, 0.15) is 0 Å². The first-order chi connectivity index (χ1) is 11.2. The number of aliphatic hydroxyl groups is 2. The van der Waals surface area contributed by atoms with Crippen molar-refractivity contribution in [3.8, 4) is 11.3 Å². The van der Waals surface area contributed by atoms with Crippen LogP contribution in [-0.2, 0) is 0 Å². The Bertz CT molecular complexity index is 644. The second-order valence-corrected chi connectivity index (χ2v) is 5.29. The topological polar surface area (TPSA) is 73.7 Å². The fourth-order valence-corrected chi connectivity index (χ4v) is 2.42. The van der Waals surface area contributed by atoms with Gasteiger partial charge in [-0.1, -0.05) is 30.3 Å². The number of pyridine rings is 1. The van der Waals surface area contributed by atoms with Crippen LogP contribution in [0.3, 0.4) is 0 Å². The summed E-state index contributed by atoms with van der Waals surface area (Å²) >= 11 is 0. The quantitative estimate of drug-likeness (QED) is 0.818. The Kier molecular flexibility index (Phi) is 6.26. The van der Waals surface area contributed by atoms with E-state index in [1.165, 1.54) is 0 Å². The van der Waals surface area contributed by atoms with E-state index in [1.54, 1.807) is 11.0 Å². The maximum atomic E-state index is 12.6. The molecule has 5 heteroatoms. The molecule has 0 bridgehead atoms. The maximum Gasteiger partial charge on any atom is 0.255 e. The molecule has 5 nitrogen and oxygen atoms in total. The number of aromatic nitrogens is 1. The molecule has 1 aromatic carbocycles. The largest absolute Gasteiger partial charge is 0.396 e. The standard InChI is InChI=1S/C18H22N2O3/c1-14-16(18(23)20(11-13-22)10-5-12-21)8-9-17(19-14)15-6-3-2-4-7-15/h2-4,6-9,21-22H,5,10-13H2,1H3. The first-order valence-corrected chi connectivity index (χ1v) is 7.71. The molecule has 1 aromatic heterocycles. The smallest absolute Gasteiger partial charge is 0.255 e. The van der Waals surface area contributed by atoms with E-state index in [9.17, 15) is 4.79 Å². The first-order valence-electron chi connectivity index (χ1n) is 7.71. The Morgan fingerprint density at radius 2 is 1.78 bits per heavy atom. The third kappa shape index (κ3) is 4.37. The average molecular weight is 314 g/mol. The molecule has 0 aliphatic rings. The van der Waals surface area contributed by atoms with Crippen molar-refractivity contribution in [2.75, 3.05) is 26.3 Å². The number of hydrogen-bond acceptors (Lipinski definition) is 4. The van der Waals surface area contributed by atoms with Crippen molar-refractivity contribution in [1.82, 2.24) is 9.88 Å². The molecule has 0 atom stereocenters. The number of aliphatic hydroxyl groups excluding tert-OH is 2. The summed E-state index contributed by atoms with van der Waals surface area (Å²) in [6.45, 7) is 2.38. The number of carbonyl (C=O) groups excluding carboxylic acids is 1. The van der Waals surface area contributed by atoms with E-state index in [0.717, 1.165) is 11.3 Å². The van der Waals surface area contributed by atoms with Crippen molar-refractivity contribution >= 4 is 5.91 Å². The molecule has 2 rings (SSSR count). The summed E-state index contributed by atoms with van der Waals surface area (Å²) < 4.78 is 0. The summed E-state index contributed by atoms with van der Waals surface area (Å²) in [5, 5.41) is 18.1. The second kappa shape index (κ2) is 8.41. The van der Waals surface area contributed by atoms with Crippen LogP contribution in [0.15, 0.2) is 42.5 Å². The van der Waals surface area contributed by atoms with Crippen molar-refractivity contribution in [3.05, 3.63) is 53.7 Å². The van der Waals surface area contributed by atoms with Crippen molar-refractivity contribution in [2.24, 2.45) is 0 Å². The summed E-state index contributed by atoms with van der Waals surface area (Å²) in [6, 6.07) is 13.4. The minimum atomic E-state index is -0.169. The van der Waals surface area contributed by atoms with E-state index in [0.29, 0.717) is 24.2 Å². The lowest BCUT2D eigenvalue weighted by molar-refractivity contribution is 0.0709. The van der Waals surface area contributed by atoms with E-state index >= 15 is 0 Å². The third-order valence-corrected chi connectivity index (χ3v) is 3.63. The van der Waals surface area contributed by atoms with Crippen LogP contribution in [0.25, 0.3) is 11.3 Å². The van der Waals surface area contributed by atoms with Crippen LogP contribution in [0.5, 0.6) is 0 Å². The predicted octanol–water partition coefficient (Wildman–Crippen LogP) is 1.87. The molecule has 0 unspecified atom stereocenters. The van der Waals surface area contributed by atoms with Crippen LogP contribution in [0, 0.1) is 6.92 Å². The van der Waals surface area contributed by atoms with Crippen LogP contribution in [0.1, 0.15) is 22.5 Å². The zero-order valence-corrected chi connectivity index (χ0v) is 13.3. The van der Waals surface area contributed by atoms with Crippen molar-refractivity contribution in [3.63, 3.8) is 0 Å². The van der Waals surface area contributed by atoms with Gasteiger partial charge in [-0.2, -0.15) is 0 Å². The summed E-state index contributed by atoms with van der Waals surface area (Å²) in [7, 11) is 0. The molecular formula is C18H22N2O3. The fourth-order valence-electron chi connectivity index (χ4n) is 2.42. The molecule has 1 heterocycles. The van der Waals surface area contributed by atoms with Gasteiger partial charge in [-0.25, -0.2) is 0 Å². The van der Waals surface area contributed by atoms with Gasteiger partial charge in [-0.3, -0.25) is 9.78 Å². The van der Waals surface area contributed by atoms with Crippen LogP contribution < -0.4 is 0 Å². The fraction of sp³-hybridized carbons (Fsp3) is 0.333. The van der Waals surface area contributed by atoms with Gasteiger partial charge >= 0.3 is 0 Å². The monoisotopic (exact) mass is 314 g/mol. The second-order valence-electron chi connectivity index (χ2n) is 5.29. The molecule has 0 fully saturated rings. The molecule has 2 N–H and O–H groups in total. The van der Waals surface area contributed by atoms with Crippen molar-refractivity contribution < 1.29 is 15.0 Å². The lowest BCUT2D eigenvalue weighted by Gasteiger charge is -2.22. The summed E-state index contributed by atoms with van der Waals surface area (Å²) in [5.41, 5.74) is 3.00. The summed E-state index contributed by atoms with van der Waals surface area (Å²) in [5.74, 6) is -0.169. The lowest BCUT2D eigenvalue weighted by Crippen LogP contribution is -2.35. The van der Waals surface area contributed by atoms with Crippen LogP contribution in [-0.4, -0.2) is 52.3 Å². The molecule has 0 saturated heterocycles. The van der Waals surface area contributed by atoms with E-state index in [1.807, 2.05) is 43.3 Å². The molecule has 1 amide bonds. The zero-order chi connectivity index (χ0) is 16.7. The molecule has 0 radical (unpaired) electrons. The Morgan fingerprint density at radius 1 is 1.04 bits per heavy atom. The molecule has 0 saturated carbocycles. The number of aryl methyl sites for hydroxylation is 1. The van der Waals surface area contributed by atoms with Gasteiger partial charge in [0.25, 0.3) is 5.91 Å². The van der Waals surface area contributed by atoms with E-state index in [4.69, 9.17) is 10.2 Å². The molecule has 0 spiro atoms. The number of carbonyl (C=O) groups is 1. The van der Waals surface area contributed by atoms with Gasteiger partial charge in [0.2, 0.25) is 0 Å². The SMILES string of the molecule is Cc1nc(-c2ccccc2)ccc1C(=O)N(CCO)CCCO. The molecule has 0 aliphatic heterocycles. The molecular weight excluding hydrogens is 292 g/mol. The number of nitrogens with zero attached hydrogens (tertiary/aromatic N) is 2. The molecule has 23 heavy (non-hydrogen) atoms. The van der Waals surface area contributed by atoms with E-state index in [-0.39, 0.29) is 25.7 Å². The van der Waals surface area contributed by atoms with Gasteiger partial charge in [0.15, 0.2) is 0 Å². The van der Waals surface area contributed by atoms with Crippen LogP contribution >= 0.6 is 0 Å². The molecule has 2 aromatic rings. The molecule has 122 valence electrons. The first kappa shape index (κ1) is 17.1. The van der Waals surface area contributed by atoms with Crippen LogP contribution in [0.2, 0.25) is 0 Å². The van der Waals surface area contributed by atoms with Gasteiger partial charge in [-0.15, -0.1) is 0 Å². The normalized spacial score (nSPS) is 10.6. The Hall–Kier alpha value is -2.24. The highest BCUT2D eigenvalue weighted by Gasteiger charge is 2.18. The van der Waals surface area contributed by atoms with Gasteiger partial charge in [0.05, 0.1) is 23.6 Å². The zero-order valence-electron chi connectivity index (χ0n) is 13.3. The van der Waals surface area contributed by atoms with Gasteiger partial charge in [-0.05, 0) is 25.5 Å². The predicted molar refractivity (Wildman–Crippen MR) is 89.1 cm³/mol. The Labute approximate surface area is 136 Å². The summed E-state index contributed by atoms with van der Waals surface area (Å²) in [6.07, 6.45) is 0.486. The Morgan fingerprint density at radius 3 is 2.39 bits per heavy atom. The van der Waals surface area contributed by atoms with E-state index < -0.39 is 0 Å². The highest BCUT2D eigenvalue weighted by molar-refractivity contribution is 5.95. The van der Waals surface area contributed by atoms with Crippen LogP contribution in [0.4, 0.5) is 0 Å². The van der Waals surface area contributed by atoms with Gasteiger partial charge < -0.3 is 15.1 Å². The minimum absolute atomic E-state index is 0.0133. The lowest BCUT2D eigenvalue weighted by atomic mass is 10.1. The number of hydrogen-bond donors (Lipinski definition) is 2. The maximum absolute atomic E-state index is 12.6.